The Morgan fingerprint density at radius 3 is 2.79 bits per heavy atom. The van der Waals surface area contributed by atoms with Crippen molar-refractivity contribution < 1.29 is 18.3 Å². The molecule has 5 nitrogen and oxygen atoms in total. The highest BCUT2D eigenvalue weighted by Gasteiger charge is 2.29. The Morgan fingerprint density at radius 2 is 2.08 bits per heavy atom. The second-order valence-electron chi connectivity index (χ2n) is 6.81. The van der Waals surface area contributed by atoms with Crippen LogP contribution in [0.2, 0.25) is 0 Å². The molecule has 0 saturated heterocycles. The molecule has 128 valence electrons. The first-order chi connectivity index (χ1) is 11.2. The largest absolute Gasteiger partial charge is 0.444 e. The second kappa shape index (κ2) is 5.89. The van der Waals surface area contributed by atoms with Crippen LogP contribution < -0.4 is 0 Å². The summed E-state index contributed by atoms with van der Waals surface area (Å²) in [6.45, 7) is 6.16. The van der Waals surface area contributed by atoms with Crippen LogP contribution in [0.15, 0.2) is 18.2 Å². The number of nitrogens with zero attached hydrogens (tertiary/aromatic N) is 2. The normalized spacial score (nSPS) is 14.5. The van der Waals surface area contributed by atoms with Gasteiger partial charge < -0.3 is 9.64 Å². The van der Waals surface area contributed by atoms with E-state index in [0.717, 1.165) is 23.8 Å². The maximum absolute atomic E-state index is 14.0. The van der Waals surface area contributed by atoms with Crippen LogP contribution in [0.4, 0.5) is 13.6 Å². The Labute approximate surface area is 138 Å². The molecule has 7 heteroatoms. The van der Waals surface area contributed by atoms with Gasteiger partial charge in [-0.1, -0.05) is 0 Å². The smallest absolute Gasteiger partial charge is 0.410 e. The van der Waals surface area contributed by atoms with Gasteiger partial charge in [-0.25, -0.2) is 13.6 Å². The molecule has 0 atom stereocenters. The predicted octanol–water partition coefficient (Wildman–Crippen LogP) is 3.65. The quantitative estimate of drug-likeness (QED) is 0.865. The van der Waals surface area contributed by atoms with Crippen molar-refractivity contribution in [2.75, 3.05) is 6.54 Å². The number of H-pyrrole nitrogens is 1. The van der Waals surface area contributed by atoms with Crippen molar-refractivity contribution in [2.45, 2.75) is 39.3 Å². The van der Waals surface area contributed by atoms with Gasteiger partial charge in [0.05, 0.1) is 17.9 Å². The molecule has 3 rings (SSSR count). The fraction of sp³-hybridized carbons (Fsp3) is 0.412. The summed E-state index contributed by atoms with van der Waals surface area (Å²) in [6, 6.07) is 3.29. The molecule has 2 aromatic rings. The Bertz CT molecular complexity index is 781. The summed E-state index contributed by atoms with van der Waals surface area (Å²) in [5.74, 6) is -1.05. The molecule has 1 aliphatic rings. The summed E-state index contributed by atoms with van der Waals surface area (Å²) < 4.78 is 32.8. The fourth-order valence-electron chi connectivity index (χ4n) is 2.70. The molecule has 1 aromatic carbocycles. The lowest BCUT2D eigenvalue weighted by molar-refractivity contribution is 0.0221. The van der Waals surface area contributed by atoms with E-state index in [0.29, 0.717) is 30.9 Å². The highest BCUT2D eigenvalue weighted by Crippen LogP contribution is 2.30. The topological polar surface area (TPSA) is 58.2 Å². The zero-order chi connectivity index (χ0) is 17.5. The van der Waals surface area contributed by atoms with E-state index >= 15 is 0 Å². The van der Waals surface area contributed by atoms with Crippen LogP contribution in [-0.4, -0.2) is 33.3 Å². The number of fused-ring (bicyclic) bond motifs is 1. The van der Waals surface area contributed by atoms with Gasteiger partial charge in [-0.05, 0) is 45.4 Å². The van der Waals surface area contributed by atoms with Crippen LogP contribution in [0.3, 0.4) is 0 Å². The van der Waals surface area contributed by atoms with Crippen molar-refractivity contribution >= 4 is 6.09 Å². The molecule has 0 aliphatic carbocycles. The first kappa shape index (κ1) is 16.4. The van der Waals surface area contributed by atoms with Gasteiger partial charge in [0.2, 0.25) is 0 Å². The molecule has 1 amide bonds. The molecule has 2 heterocycles. The maximum atomic E-state index is 14.0. The lowest BCUT2D eigenvalue weighted by Crippen LogP contribution is -2.39. The first-order valence-corrected chi connectivity index (χ1v) is 7.74. The van der Waals surface area contributed by atoms with Crippen LogP contribution >= 0.6 is 0 Å². The van der Waals surface area contributed by atoms with Gasteiger partial charge in [-0.15, -0.1) is 0 Å². The Balaban J connectivity index is 1.85. The second-order valence-corrected chi connectivity index (χ2v) is 6.81. The predicted molar refractivity (Wildman–Crippen MR) is 84.3 cm³/mol. The van der Waals surface area contributed by atoms with Crippen LogP contribution in [0.5, 0.6) is 0 Å². The average molecular weight is 335 g/mol. The van der Waals surface area contributed by atoms with Gasteiger partial charge >= 0.3 is 6.09 Å². The van der Waals surface area contributed by atoms with E-state index in [1.54, 1.807) is 25.7 Å². The molecular formula is C17H19F2N3O2. The highest BCUT2D eigenvalue weighted by atomic mass is 19.1. The molecule has 1 aliphatic heterocycles. The number of benzene rings is 1. The molecule has 0 saturated carbocycles. The zero-order valence-corrected chi connectivity index (χ0v) is 13.8. The number of rotatable bonds is 1. The summed E-state index contributed by atoms with van der Waals surface area (Å²) >= 11 is 0. The van der Waals surface area contributed by atoms with Gasteiger partial charge in [-0.2, -0.15) is 5.10 Å². The third kappa shape index (κ3) is 3.25. The molecule has 1 aromatic heterocycles. The number of hydrogen-bond acceptors (Lipinski definition) is 3. The lowest BCUT2D eigenvalue weighted by atomic mass is 10.00. The molecule has 1 N–H and O–H groups in total. The monoisotopic (exact) mass is 335 g/mol. The molecule has 0 bridgehead atoms. The van der Waals surface area contributed by atoms with Gasteiger partial charge in [0.1, 0.15) is 17.2 Å². The van der Waals surface area contributed by atoms with Gasteiger partial charge in [-0.3, -0.25) is 5.10 Å². The van der Waals surface area contributed by atoms with Crippen molar-refractivity contribution in [1.29, 1.82) is 0 Å². The summed E-state index contributed by atoms with van der Waals surface area (Å²) in [7, 11) is 0. The molecule has 0 spiro atoms. The Morgan fingerprint density at radius 1 is 1.33 bits per heavy atom. The van der Waals surface area contributed by atoms with Crippen molar-refractivity contribution in [1.82, 2.24) is 15.1 Å². The zero-order valence-electron chi connectivity index (χ0n) is 13.8. The maximum Gasteiger partial charge on any atom is 0.410 e. The van der Waals surface area contributed by atoms with Crippen molar-refractivity contribution in [3.05, 3.63) is 41.1 Å². The van der Waals surface area contributed by atoms with Crippen molar-refractivity contribution in [3.8, 4) is 11.3 Å². The van der Waals surface area contributed by atoms with Crippen molar-refractivity contribution in [3.63, 3.8) is 0 Å². The van der Waals surface area contributed by atoms with Gasteiger partial charge in [0.15, 0.2) is 0 Å². The number of ether oxygens (including phenoxy) is 1. The van der Waals surface area contributed by atoms with Crippen LogP contribution in [0.1, 0.15) is 32.0 Å². The number of hydrogen-bond donors (Lipinski definition) is 1. The molecule has 24 heavy (non-hydrogen) atoms. The van der Waals surface area contributed by atoms with Crippen LogP contribution in [-0.2, 0) is 17.7 Å². The molecular weight excluding hydrogens is 316 g/mol. The van der Waals surface area contributed by atoms with E-state index < -0.39 is 23.3 Å². The molecule has 0 fully saturated rings. The minimum atomic E-state index is -0.568. The Hall–Kier alpha value is -2.44. The number of carbonyl (C=O) groups excluding carboxylic acids is 1. The third-order valence-electron chi connectivity index (χ3n) is 3.77. The number of carbonyl (C=O) groups is 1. The summed E-state index contributed by atoms with van der Waals surface area (Å²) in [5, 5.41) is 6.96. The number of halogens is 2. The lowest BCUT2D eigenvalue weighted by Gasteiger charge is -2.29. The van der Waals surface area contributed by atoms with Gasteiger partial charge in [0.25, 0.3) is 0 Å². The Kier molecular flexibility index (Phi) is 4.03. The van der Waals surface area contributed by atoms with E-state index in [1.807, 2.05) is 0 Å². The van der Waals surface area contributed by atoms with Crippen LogP contribution in [0, 0.1) is 11.6 Å². The van der Waals surface area contributed by atoms with E-state index in [9.17, 15) is 13.6 Å². The molecule has 0 radical (unpaired) electrons. The number of aromatic nitrogens is 2. The van der Waals surface area contributed by atoms with Crippen molar-refractivity contribution in [2.24, 2.45) is 0 Å². The summed E-state index contributed by atoms with van der Waals surface area (Å²) in [5.41, 5.74) is 1.47. The van der Waals surface area contributed by atoms with E-state index in [1.165, 1.54) is 0 Å². The minimum Gasteiger partial charge on any atom is -0.444 e. The number of amides is 1. The fourth-order valence-corrected chi connectivity index (χ4v) is 2.70. The molecule has 0 unspecified atom stereocenters. The SMILES string of the molecule is CC(C)(C)OC(=O)N1CCc2c(-c3cc(F)ccc3F)n[nH]c2C1. The van der Waals surface area contributed by atoms with E-state index in [4.69, 9.17) is 4.74 Å². The minimum absolute atomic E-state index is 0.123. The summed E-state index contributed by atoms with van der Waals surface area (Å²) in [4.78, 5) is 13.7. The number of aromatic amines is 1. The standard InChI is InChI=1S/C17H19F2N3O2/c1-17(2,3)24-16(23)22-7-6-11-14(9-22)20-21-15(11)12-8-10(18)4-5-13(12)19/h4-5,8H,6-7,9H2,1-3H3,(H,20,21). The van der Waals surface area contributed by atoms with E-state index in [2.05, 4.69) is 10.2 Å². The highest BCUT2D eigenvalue weighted by molar-refractivity contribution is 5.70. The third-order valence-corrected chi connectivity index (χ3v) is 3.77. The summed E-state index contributed by atoms with van der Waals surface area (Å²) in [6.07, 6.45) is 0.0948. The van der Waals surface area contributed by atoms with E-state index in [-0.39, 0.29) is 5.56 Å². The number of nitrogens with one attached hydrogen (secondary N) is 1. The average Bonchev–Trinajstić information content (AvgIpc) is 2.91. The van der Waals surface area contributed by atoms with Crippen LogP contribution in [0.25, 0.3) is 11.3 Å². The van der Waals surface area contributed by atoms with Gasteiger partial charge in [0, 0.05) is 17.7 Å². The first-order valence-electron chi connectivity index (χ1n) is 7.74.